The first kappa shape index (κ1) is 15.1. The van der Waals surface area contributed by atoms with Gasteiger partial charge in [-0.3, -0.25) is 0 Å². The lowest BCUT2D eigenvalue weighted by atomic mass is 10.1. The molecule has 0 saturated carbocycles. The maximum absolute atomic E-state index is 12.1. The molecule has 1 atom stereocenters. The summed E-state index contributed by atoms with van der Waals surface area (Å²) < 4.78 is 2.03. The van der Waals surface area contributed by atoms with Gasteiger partial charge < -0.3 is 15.2 Å². The van der Waals surface area contributed by atoms with E-state index in [-0.39, 0.29) is 12.1 Å². The number of imidazole rings is 1. The zero-order valence-electron chi connectivity index (χ0n) is 13.3. The van der Waals surface area contributed by atoms with Crippen molar-refractivity contribution in [2.45, 2.75) is 13.0 Å². The molecule has 0 radical (unpaired) electrons. The summed E-state index contributed by atoms with van der Waals surface area (Å²) in [4.78, 5) is 16.8. The van der Waals surface area contributed by atoms with Gasteiger partial charge in [-0.15, -0.1) is 0 Å². The van der Waals surface area contributed by atoms with Gasteiger partial charge in [0.25, 0.3) is 0 Å². The molecule has 0 bridgehead atoms. The van der Waals surface area contributed by atoms with E-state index >= 15 is 0 Å². The topological polar surface area (TPSA) is 59.0 Å². The highest BCUT2D eigenvalue weighted by Gasteiger charge is 2.22. The van der Waals surface area contributed by atoms with Crippen LogP contribution in [0.3, 0.4) is 0 Å². The van der Waals surface area contributed by atoms with E-state index in [0.717, 1.165) is 22.4 Å². The molecule has 0 aliphatic carbocycles. The standard InChI is InChI=1S/C18H20N4O/c1-3-19-18(23)21-16(13-9-5-4-6-10-13)17-20-14-11-7-8-12-15(14)22(17)2/h4-12,16H,3H2,1-2H3,(H2,19,21,23). The lowest BCUT2D eigenvalue weighted by molar-refractivity contribution is 0.238. The molecule has 0 spiro atoms. The summed E-state index contributed by atoms with van der Waals surface area (Å²) in [6.07, 6.45) is 0. The van der Waals surface area contributed by atoms with Gasteiger partial charge in [0.05, 0.1) is 11.0 Å². The first-order chi connectivity index (χ1) is 11.2. The molecule has 118 valence electrons. The number of rotatable bonds is 4. The molecule has 0 aliphatic heterocycles. The second-order valence-corrected chi connectivity index (χ2v) is 5.37. The van der Waals surface area contributed by atoms with Crippen molar-refractivity contribution < 1.29 is 4.79 Å². The fourth-order valence-corrected chi connectivity index (χ4v) is 2.71. The average Bonchev–Trinajstić information content (AvgIpc) is 2.91. The Bertz CT molecular complexity index is 810. The highest BCUT2D eigenvalue weighted by Crippen LogP contribution is 2.24. The Morgan fingerprint density at radius 2 is 1.83 bits per heavy atom. The van der Waals surface area contributed by atoms with Crippen LogP contribution < -0.4 is 10.6 Å². The molecule has 3 rings (SSSR count). The Morgan fingerprint density at radius 1 is 1.13 bits per heavy atom. The quantitative estimate of drug-likeness (QED) is 0.778. The van der Waals surface area contributed by atoms with Gasteiger partial charge >= 0.3 is 6.03 Å². The van der Waals surface area contributed by atoms with Crippen molar-refractivity contribution in [3.8, 4) is 0 Å². The van der Waals surface area contributed by atoms with Crippen LogP contribution >= 0.6 is 0 Å². The lowest BCUT2D eigenvalue weighted by Crippen LogP contribution is -2.39. The third-order valence-electron chi connectivity index (χ3n) is 3.83. The second kappa shape index (κ2) is 6.52. The van der Waals surface area contributed by atoms with E-state index in [1.807, 2.05) is 73.1 Å². The van der Waals surface area contributed by atoms with E-state index in [1.165, 1.54) is 0 Å². The van der Waals surface area contributed by atoms with Crippen LogP contribution in [0.2, 0.25) is 0 Å². The summed E-state index contributed by atoms with van der Waals surface area (Å²) >= 11 is 0. The van der Waals surface area contributed by atoms with Crippen LogP contribution in [0.25, 0.3) is 11.0 Å². The van der Waals surface area contributed by atoms with Gasteiger partial charge in [-0.05, 0) is 24.6 Å². The molecule has 3 aromatic rings. The number of aryl methyl sites for hydroxylation is 1. The van der Waals surface area contributed by atoms with Crippen LogP contribution in [-0.2, 0) is 7.05 Å². The van der Waals surface area contributed by atoms with Crippen molar-refractivity contribution in [2.24, 2.45) is 7.05 Å². The van der Waals surface area contributed by atoms with Crippen LogP contribution in [0.4, 0.5) is 4.79 Å². The van der Waals surface area contributed by atoms with E-state index in [9.17, 15) is 4.79 Å². The Morgan fingerprint density at radius 3 is 2.52 bits per heavy atom. The average molecular weight is 308 g/mol. The zero-order valence-corrected chi connectivity index (χ0v) is 13.3. The predicted octanol–water partition coefficient (Wildman–Crippen LogP) is 2.98. The largest absolute Gasteiger partial charge is 0.338 e. The first-order valence-corrected chi connectivity index (χ1v) is 7.71. The van der Waals surface area contributed by atoms with E-state index in [2.05, 4.69) is 10.6 Å². The maximum Gasteiger partial charge on any atom is 0.315 e. The van der Waals surface area contributed by atoms with Crippen LogP contribution in [0.5, 0.6) is 0 Å². The number of urea groups is 1. The third kappa shape index (κ3) is 3.04. The summed E-state index contributed by atoms with van der Waals surface area (Å²) in [6, 6.07) is 17.3. The smallest absolute Gasteiger partial charge is 0.315 e. The lowest BCUT2D eigenvalue weighted by Gasteiger charge is -2.19. The summed E-state index contributed by atoms with van der Waals surface area (Å²) in [6.45, 7) is 2.47. The van der Waals surface area contributed by atoms with E-state index in [1.54, 1.807) is 0 Å². The first-order valence-electron chi connectivity index (χ1n) is 7.71. The molecular weight excluding hydrogens is 288 g/mol. The zero-order chi connectivity index (χ0) is 16.2. The fourth-order valence-electron chi connectivity index (χ4n) is 2.71. The number of nitrogens with one attached hydrogen (secondary N) is 2. The monoisotopic (exact) mass is 308 g/mol. The van der Waals surface area contributed by atoms with Gasteiger partial charge in [0, 0.05) is 13.6 Å². The molecular formula is C18H20N4O. The van der Waals surface area contributed by atoms with Crippen LogP contribution in [0.1, 0.15) is 24.4 Å². The van der Waals surface area contributed by atoms with Crippen molar-refractivity contribution in [1.82, 2.24) is 20.2 Å². The molecule has 5 heteroatoms. The summed E-state index contributed by atoms with van der Waals surface area (Å²) in [5.41, 5.74) is 2.96. The second-order valence-electron chi connectivity index (χ2n) is 5.37. The van der Waals surface area contributed by atoms with Gasteiger partial charge in [0.2, 0.25) is 0 Å². The maximum atomic E-state index is 12.1. The molecule has 1 heterocycles. The number of hydrogen-bond acceptors (Lipinski definition) is 2. The molecule has 2 amide bonds. The number of para-hydroxylation sites is 2. The van der Waals surface area contributed by atoms with Crippen molar-refractivity contribution in [3.05, 3.63) is 66.0 Å². The van der Waals surface area contributed by atoms with Crippen LogP contribution in [0.15, 0.2) is 54.6 Å². The Balaban J connectivity index is 2.06. The van der Waals surface area contributed by atoms with E-state index in [0.29, 0.717) is 6.54 Å². The summed E-state index contributed by atoms with van der Waals surface area (Å²) in [5.74, 6) is 0.809. The molecule has 23 heavy (non-hydrogen) atoms. The van der Waals surface area contributed by atoms with Gasteiger partial charge in [0.15, 0.2) is 0 Å². The number of amides is 2. The minimum atomic E-state index is -0.305. The van der Waals surface area contributed by atoms with Crippen molar-refractivity contribution in [2.75, 3.05) is 6.54 Å². The van der Waals surface area contributed by atoms with Gasteiger partial charge in [-0.2, -0.15) is 0 Å². The number of benzene rings is 2. The van der Waals surface area contributed by atoms with Crippen molar-refractivity contribution in [1.29, 1.82) is 0 Å². The molecule has 2 aromatic carbocycles. The van der Waals surface area contributed by atoms with E-state index < -0.39 is 0 Å². The van der Waals surface area contributed by atoms with E-state index in [4.69, 9.17) is 4.98 Å². The number of hydrogen-bond donors (Lipinski definition) is 2. The molecule has 0 fully saturated rings. The molecule has 5 nitrogen and oxygen atoms in total. The Kier molecular flexibility index (Phi) is 4.28. The Hall–Kier alpha value is -2.82. The highest BCUT2D eigenvalue weighted by atomic mass is 16.2. The SMILES string of the molecule is CCNC(=O)NC(c1ccccc1)c1nc2ccccc2n1C. The molecule has 0 aliphatic rings. The molecule has 0 saturated heterocycles. The van der Waals surface area contributed by atoms with Crippen LogP contribution in [0, 0.1) is 0 Å². The van der Waals surface area contributed by atoms with Gasteiger partial charge in [0.1, 0.15) is 11.9 Å². The fraction of sp³-hybridized carbons (Fsp3) is 0.222. The molecule has 1 unspecified atom stereocenters. The predicted molar refractivity (Wildman–Crippen MR) is 91.2 cm³/mol. The van der Waals surface area contributed by atoms with Crippen molar-refractivity contribution >= 4 is 17.1 Å². The highest BCUT2D eigenvalue weighted by molar-refractivity contribution is 5.77. The van der Waals surface area contributed by atoms with Crippen LogP contribution in [-0.4, -0.2) is 22.1 Å². The number of nitrogens with zero attached hydrogens (tertiary/aromatic N) is 2. The minimum absolute atomic E-state index is 0.201. The Labute approximate surface area is 135 Å². The summed E-state index contributed by atoms with van der Waals surface area (Å²) in [7, 11) is 1.97. The number of aromatic nitrogens is 2. The molecule has 1 aromatic heterocycles. The molecule has 2 N–H and O–H groups in total. The summed E-state index contributed by atoms with van der Waals surface area (Å²) in [5, 5.41) is 5.80. The number of carbonyl (C=O) groups excluding carboxylic acids is 1. The number of carbonyl (C=O) groups is 1. The van der Waals surface area contributed by atoms with Crippen molar-refractivity contribution in [3.63, 3.8) is 0 Å². The van der Waals surface area contributed by atoms with Gasteiger partial charge in [-0.25, -0.2) is 9.78 Å². The normalized spacial score (nSPS) is 12.1. The van der Waals surface area contributed by atoms with Gasteiger partial charge in [-0.1, -0.05) is 42.5 Å². The number of fused-ring (bicyclic) bond motifs is 1. The third-order valence-corrected chi connectivity index (χ3v) is 3.83. The minimum Gasteiger partial charge on any atom is -0.338 e.